The van der Waals surface area contributed by atoms with E-state index in [4.69, 9.17) is 14.0 Å². The Hall–Kier alpha value is -3.93. The van der Waals surface area contributed by atoms with E-state index in [9.17, 15) is 14.4 Å². The van der Waals surface area contributed by atoms with Crippen molar-refractivity contribution in [2.45, 2.75) is 44.9 Å². The summed E-state index contributed by atoms with van der Waals surface area (Å²) < 4.78 is 32.7. The summed E-state index contributed by atoms with van der Waals surface area (Å²) in [6.45, 7) is 3.83. The van der Waals surface area contributed by atoms with Gasteiger partial charge in [-0.15, -0.1) is 0 Å². The molecule has 11 nitrogen and oxygen atoms in total. The summed E-state index contributed by atoms with van der Waals surface area (Å²) in [4.78, 5) is 48.9. The average Bonchev–Trinajstić information content (AvgIpc) is 3.26. The highest BCUT2D eigenvalue weighted by molar-refractivity contribution is 6.22. The summed E-state index contributed by atoms with van der Waals surface area (Å²) in [6, 6.07) is 0.862. The molecule has 36 heavy (non-hydrogen) atoms. The second-order valence-corrected chi connectivity index (χ2v) is 9.43. The number of halogens is 1. The molecule has 1 N–H and O–H groups in total. The van der Waals surface area contributed by atoms with E-state index in [1.54, 1.807) is 17.9 Å². The Bertz CT molecular complexity index is 1430. The minimum atomic E-state index is -1.62. The van der Waals surface area contributed by atoms with Crippen LogP contribution in [-0.2, 0) is 25.5 Å². The van der Waals surface area contributed by atoms with Crippen molar-refractivity contribution in [1.82, 2.24) is 20.4 Å². The van der Waals surface area contributed by atoms with Gasteiger partial charge in [-0.05, 0) is 31.9 Å². The van der Waals surface area contributed by atoms with Crippen molar-refractivity contribution < 1.29 is 32.8 Å². The van der Waals surface area contributed by atoms with Crippen LogP contribution in [0.25, 0.3) is 22.4 Å². The molecule has 1 unspecified atom stereocenters. The first-order chi connectivity index (χ1) is 17.2. The van der Waals surface area contributed by atoms with Gasteiger partial charge in [-0.3, -0.25) is 24.7 Å². The number of hydrogen-bond acceptors (Lipinski definition) is 10. The van der Waals surface area contributed by atoms with Gasteiger partial charge in [0.1, 0.15) is 16.8 Å². The first kappa shape index (κ1) is 22.5. The predicted octanol–water partition coefficient (Wildman–Crippen LogP) is 1.57. The SMILES string of the molecule is COc1cncc(-c2noc3c(F)c4c(cc23)CC2(C(=O)CC(=O)NC2=O)[C@H]2[C@H](C)O[C@H](C)CN42)n1. The fourth-order valence-electron chi connectivity index (χ4n) is 5.89. The lowest BCUT2D eigenvalue weighted by atomic mass is 9.63. The Balaban J connectivity index is 1.59. The molecule has 0 bridgehead atoms. The Morgan fingerprint density at radius 2 is 2.06 bits per heavy atom. The monoisotopic (exact) mass is 495 g/mol. The van der Waals surface area contributed by atoms with Crippen LogP contribution in [0, 0.1) is 11.2 Å². The second kappa shape index (κ2) is 7.79. The van der Waals surface area contributed by atoms with Gasteiger partial charge in [-0.2, -0.15) is 0 Å². The van der Waals surface area contributed by atoms with Gasteiger partial charge >= 0.3 is 0 Å². The van der Waals surface area contributed by atoms with Gasteiger partial charge < -0.3 is 18.9 Å². The summed E-state index contributed by atoms with van der Waals surface area (Å²) in [5.41, 5.74) is -0.486. The van der Waals surface area contributed by atoms with Crippen LogP contribution in [0.5, 0.6) is 5.88 Å². The first-order valence-corrected chi connectivity index (χ1v) is 11.5. The largest absolute Gasteiger partial charge is 0.480 e. The molecule has 0 aliphatic carbocycles. The van der Waals surface area contributed by atoms with Crippen molar-refractivity contribution in [1.29, 1.82) is 0 Å². The van der Waals surface area contributed by atoms with Gasteiger partial charge in [0.2, 0.25) is 23.3 Å². The fraction of sp³-hybridized carbons (Fsp3) is 0.417. The lowest BCUT2D eigenvalue weighted by molar-refractivity contribution is -0.158. The van der Waals surface area contributed by atoms with E-state index in [0.29, 0.717) is 16.6 Å². The number of carbonyl (C=O) groups excluding carboxylic acids is 3. The van der Waals surface area contributed by atoms with Crippen molar-refractivity contribution in [3.63, 3.8) is 0 Å². The molecule has 1 spiro atoms. The molecular weight excluding hydrogens is 473 g/mol. The Morgan fingerprint density at radius 3 is 2.81 bits per heavy atom. The molecule has 2 saturated heterocycles. The number of fused-ring (bicyclic) bond motifs is 5. The van der Waals surface area contributed by atoms with Gasteiger partial charge in [-0.1, -0.05) is 5.16 Å². The Kier molecular flexibility index (Phi) is 4.87. The number of methoxy groups -OCH3 is 1. The summed E-state index contributed by atoms with van der Waals surface area (Å²) in [5.74, 6) is -2.26. The van der Waals surface area contributed by atoms with E-state index < -0.39 is 47.4 Å². The number of nitrogens with one attached hydrogen (secondary N) is 1. The third-order valence-corrected chi connectivity index (χ3v) is 7.24. The molecule has 2 aromatic heterocycles. The topological polar surface area (TPSA) is 137 Å². The fourth-order valence-corrected chi connectivity index (χ4v) is 5.89. The number of amides is 2. The molecule has 0 saturated carbocycles. The van der Waals surface area contributed by atoms with Crippen molar-refractivity contribution in [2.75, 3.05) is 18.6 Å². The quantitative estimate of drug-likeness (QED) is 0.412. The van der Waals surface area contributed by atoms with Crippen molar-refractivity contribution >= 4 is 34.3 Å². The summed E-state index contributed by atoms with van der Waals surface area (Å²) in [7, 11) is 1.45. The molecule has 5 heterocycles. The van der Waals surface area contributed by atoms with Crippen molar-refractivity contribution in [3.8, 4) is 17.3 Å². The Morgan fingerprint density at radius 1 is 1.25 bits per heavy atom. The predicted molar refractivity (Wildman–Crippen MR) is 122 cm³/mol. The van der Waals surface area contributed by atoms with Crippen LogP contribution in [0.4, 0.5) is 10.1 Å². The molecule has 1 aromatic carbocycles. The average molecular weight is 495 g/mol. The van der Waals surface area contributed by atoms with Gasteiger partial charge in [0.15, 0.2) is 11.6 Å². The number of benzene rings is 1. The highest BCUT2D eigenvalue weighted by Gasteiger charge is 2.62. The number of morpholine rings is 1. The zero-order chi connectivity index (χ0) is 25.4. The number of piperidine rings is 1. The number of anilines is 1. The molecule has 186 valence electrons. The van der Waals surface area contributed by atoms with Gasteiger partial charge in [0, 0.05) is 6.54 Å². The zero-order valence-corrected chi connectivity index (χ0v) is 19.7. The minimum Gasteiger partial charge on any atom is -0.480 e. The highest BCUT2D eigenvalue weighted by atomic mass is 19.1. The summed E-state index contributed by atoms with van der Waals surface area (Å²) in [6.07, 6.45) is 1.45. The smallest absolute Gasteiger partial charge is 0.242 e. The van der Waals surface area contributed by atoms with Gasteiger partial charge in [0.05, 0.1) is 55.2 Å². The van der Waals surface area contributed by atoms with E-state index in [0.717, 1.165) is 0 Å². The van der Waals surface area contributed by atoms with Crippen LogP contribution in [0.3, 0.4) is 0 Å². The third kappa shape index (κ3) is 3.00. The lowest BCUT2D eigenvalue weighted by Crippen LogP contribution is -2.72. The van der Waals surface area contributed by atoms with E-state index in [2.05, 4.69) is 20.4 Å². The van der Waals surface area contributed by atoms with Gasteiger partial charge in [0.25, 0.3) is 0 Å². The third-order valence-electron chi connectivity index (χ3n) is 7.24. The van der Waals surface area contributed by atoms with E-state index in [-0.39, 0.29) is 41.9 Å². The molecule has 0 radical (unpaired) electrons. The van der Waals surface area contributed by atoms with Gasteiger partial charge in [-0.25, -0.2) is 9.37 Å². The molecular formula is C24H22FN5O6. The highest BCUT2D eigenvalue weighted by Crippen LogP contribution is 2.50. The number of imide groups is 1. The molecule has 2 fully saturated rings. The maximum absolute atomic E-state index is 16.1. The maximum Gasteiger partial charge on any atom is 0.242 e. The van der Waals surface area contributed by atoms with Crippen LogP contribution in [-0.4, -0.2) is 64.6 Å². The number of hydrogen-bond donors (Lipinski definition) is 1. The summed E-state index contributed by atoms with van der Waals surface area (Å²) >= 11 is 0. The van der Waals surface area contributed by atoms with E-state index >= 15 is 4.39 Å². The van der Waals surface area contributed by atoms with Crippen molar-refractivity contribution in [3.05, 3.63) is 29.8 Å². The normalized spacial score (nSPS) is 27.7. The van der Waals surface area contributed by atoms with Crippen molar-refractivity contribution in [2.24, 2.45) is 5.41 Å². The molecule has 4 atom stereocenters. The molecule has 6 rings (SSSR count). The number of ether oxygens (including phenoxy) is 2. The number of aromatic nitrogens is 3. The van der Waals surface area contributed by atoms with E-state index in [1.807, 2.05) is 6.92 Å². The van der Waals surface area contributed by atoms with Crippen LogP contribution in [0.1, 0.15) is 25.8 Å². The summed E-state index contributed by atoms with van der Waals surface area (Å²) in [5, 5.41) is 6.68. The van der Waals surface area contributed by atoms with E-state index in [1.165, 1.54) is 19.5 Å². The molecule has 12 heteroatoms. The lowest BCUT2D eigenvalue weighted by Gasteiger charge is -2.55. The number of nitrogens with zero attached hydrogens (tertiary/aromatic N) is 4. The number of ketones is 1. The first-order valence-electron chi connectivity index (χ1n) is 11.5. The second-order valence-electron chi connectivity index (χ2n) is 9.43. The number of Topliss-reactive ketones (excluding diaryl/α,β-unsaturated/α-hetero) is 1. The maximum atomic E-state index is 16.1. The minimum absolute atomic E-state index is 0.0792. The van der Waals surface area contributed by atoms with Crippen LogP contribution >= 0.6 is 0 Å². The molecule has 3 aromatic rings. The standard InChI is InChI=1S/C24H22FN5O6/c1-10-9-30-20-12(6-24(22(30)11(2)35-10)15(31)5-16(32)28-23(24)33)4-13-19(29-36-21(13)18(20)25)14-7-26-8-17(27-14)34-3/h4,7-8,10-11,22H,5-6,9H2,1-3H3,(H,28,32,33)/t10-,11+,22-,24?/m1/s1. The van der Waals surface area contributed by atoms with Crippen LogP contribution in [0.15, 0.2) is 23.0 Å². The molecule has 2 amide bonds. The Labute approximate surface area is 203 Å². The number of carbonyl (C=O) groups is 3. The van der Waals surface area contributed by atoms with Crippen LogP contribution < -0.4 is 15.0 Å². The van der Waals surface area contributed by atoms with Crippen LogP contribution in [0.2, 0.25) is 0 Å². The number of rotatable bonds is 2. The zero-order valence-electron chi connectivity index (χ0n) is 19.7. The molecule has 3 aliphatic heterocycles. The molecule has 3 aliphatic rings.